The Balaban J connectivity index is 1.52. The maximum Gasteiger partial charge on any atom is 0.240 e. The first kappa shape index (κ1) is 17.6. The first-order valence-corrected chi connectivity index (χ1v) is 9.02. The van der Waals surface area contributed by atoms with E-state index >= 15 is 0 Å². The number of hydrogen-bond acceptors (Lipinski definition) is 3. The van der Waals surface area contributed by atoms with Gasteiger partial charge < -0.3 is 5.32 Å². The number of carbonyl (C=O) groups is 3. The highest BCUT2D eigenvalue weighted by Crippen LogP contribution is 2.42. The zero-order valence-corrected chi connectivity index (χ0v) is 15.0. The van der Waals surface area contributed by atoms with Gasteiger partial charge in [0, 0.05) is 24.8 Å². The van der Waals surface area contributed by atoms with E-state index in [1.165, 1.54) is 0 Å². The molecular weight excluding hydrogens is 316 g/mol. The summed E-state index contributed by atoms with van der Waals surface area (Å²) < 4.78 is 0. The lowest BCUT2D eigenvalue weighted by Crippen LogP contribution is -2.49. The normalized spacial score (nSPS) is 19.2. The molecule has 1 saturated carbocycles. The molecule has 0 atom stereocenters. The Hall–Kier alpha value is -2.17. The average Bonchev–Trinajstić information content (AvgIpc) is 3.42. The lowest BCUT2D eigenvalue weighted by atomic mass is 9.84. The van der Waals surface area contributed by atoms with Crippen molar-refractivity contribution in [3.8, 4) is 0 Å². The monoisotopic (exact) mass is 342 g/mol. The lowest BCUT2D eigenvalue weighted by Gasteiger charge is -2.30. The van der Waals surface area contributed by atoms with Gasteiger partial charge in [-0.25, -0.2) is 0 Å². The minimum Gasteiger partial charge on any atom is -0.354 e. The smallest absolute Gasteiger partial charge is 0.240 e. The second kappa shape index (κ2) is 6.98. The van der Waals surface area contributed by atoms with E-state index in [9.17, 15) is 14.4 Å². The van der Waals surface area contributed by atoms with Crippen LogP contribution in [0.4, 0.5) is 0 Å². The fraction of sp³-hybridized carbons (Fsp3) is 0.550. The number of nitrogens with zero attached hydrogens (tertiary/aromatic N) is 1. The zero-order valence-electron chi connectivity index (χ0n) is 15.0. The van der Waals surface area contributed by atoms with Gasteiger partial charge in [-0.1, -0.05) is 44.2 Å². The van der Waals surface area contributed by atoms with Crippen molar-refractivity contribution in [1.82, 2.24) is 10.2 Å². The summed E-state index contributed by atoms with van der Waals surface area (Å²) in [6.07, 6.45) is 3.05. The SMILES string of the molecule is CC(C)(CNC(=O)CN1C(=O)CC(C2CC2)CC1=O)c1ccccc1. The molecule has 0 unspecified atom stereocenters. The summed E-state index contributed by atoms with van der Waals surface area (Å²) in [6.45, 7) is 4.40. The van der Waals surface area contributed by atoms with Crippen molar-refractivity contribution in [3.63, 3.8) is 0 Å². The number of benzene rings is 1. The summed E-state index contributed by atoms with van der Waals surface area (Å²) >= 11 is 0. The van der Waals surface area contributed by atoms with Crippen LogP contribution in [0.25, 0.3) is 0 Å². The van der Waals surface area contributed by atoms with Gasteiger partial charge in [0.2, 0.25) is 17.7 Å². The predicted molar refractivity (Wildman–Crippen MR) is 94.6 cm³/mol. The number of piperidine rings is 1. The van der Waals surface area contributed by atoms with Crippen LogP contribution in [0.15, 0.2) is 30.3 Å². The topological polar surface area (TPSA) is 66.5 Å². The standard InChI is InChI=1S/C20H26N2O3/c1-20(2,16-6-4-3-5-7-16)13-21-17(23)12-22-18(24)10-15(11-19(22)25)14-8-9-14/h3-7,14-15H,8-13H2,1-2H3,(H,21,23). The van der Waals surface area contributed by atoms with Gasteiger partial charge in [-0.15, -0.1) is 0 Å². The van der Waals surface area contributed by atoms with Gasteiger partial charge in [-0.2, -0.15) is 0 Å². The Morgan fingerprint density at radius 2 is 1.68 bits per heavy atom. The lowest BCUT2D eigenvalue weighted by molar-refractivity contribution is -0.153. The van der Waals surface area contributed by atoms with Gasteiger partial charge in [0.15, 0.2) is 0 Å². The molecule has 0 spiro atoms. The molecule has 134 valence electrons. The predicted octanol–water partition coefficient (Wildman–Crippen LogP) is 2.26. The number of hydrogen-bond donors (Lipinski definition) is 1. The van der Waals surface area contributed by atoms with E-state index in [1.54, 1.807) is 0 Å². The van der Waals surface area contributed by atoms with Crippen molar-refractivity contribution in [2.45, 2.75) is 44.9 Å². The van der Waals surface area contributed by atoms with Gasteiger partial charge in [0.1, 0.15) is 6.54 Å². The van der Waals surface area contributed by atoms with Crippen molar-refractivity contribution < 1.29 is 14.4 Å². The Morgan fingerprint density at radius 1 is 1.08 bits per heavy atom. The quantitative estimate of drug-likeness (QED) is 0.807. The maximum absolute atomic E-state index is 12.3. The van der Waals surface area contributed by atoms with E-state index in [0.717, 1.165) is 23.3 Å². The number of nitrogens with one attached hydrogen (secondary N) is 1. The largest absolute Gasteiger partial charge is 0.354 e. The van der Waals surface area contributed by atoms with Gasteiger partial charge in [0.25, 0.3) is 0 Å². The minimum atomic E-state index is -0.282. The molecule has 5 nitrogen and oxygen atoms in total. The minimum absolute atomic E-state index is 0.167. The Labute approximate surface area is 148 Å². The second-order valence-corrected chi connectivity index (χ2v) is 7.91. The van der Waals surface area contributed by atoms with Gasteiger partial charge in [0.05, 0.1) is 0 Å². The van der Waals surface area contributed by atoms with E-state index in [-0.39, 0.29) is 35.6 Å². The molecule has 1 aromatic rings. The first-order chi connectivity index (χ1) is 11.9. The van der Waals surface area contributed by atoms with Crippen LogP contribution in [-0.2, 0) is 19.8 Å². The molecule has 1 aliphatic heterocycles. The molecule has 1 N–H and O–H groups in total. The average molecular weight is 342 g/mol. The Morgan fingerprint density at radius 3 is 2.24 bits per heavy atom. The molecule has 2 aliphatic rings. The van der Waals surface area contributed by atoms with Crippen LogP contribution < -0.4 is 5.32 Å². The summed E-state index contributed by atoms with van der Waals surface area (Å²) in [5.74, 6) is 0.0405. The third-order valence-corrected chi connectivity index (χ3v) is 5.35. The molecule has 0 aromatic heterocycles. The van der Waals surface area contributed by atoms with Crippen molar-refractivity contribution in [1.29, 1.82) is 0 Å². The highest BCUT2D eigenvalue weighted by Gasteiger charge is 2.41. The maximum atomic E-state index is 12.3. The first-order valence-electron chi connectivity index (χ1n) is 9.02. The summed E-state index contributed by atoms with van der Waals surface area (Å²) in [4.78, 5) is 37.8. The van der Waals surface area contributed by atoms with Gasteiger partial charge in [-0.3, -0.25) is 19.3 Å². The molecule has 0 bridgehead atoms. The van der Waals surface area contributed by atoms with Crippen molar-refractivity contribution >= 4 is 17.7 Å². The van der Waals surface area contributed by atoms with Gasteiger partial charge >= 0.3 is 0 Å². The van der Waals surface area contributed by atoms with Crippen LogP contribution in [-0.4, -0.2) is 35.7 Å². The van der Waals surface area contributed by atoms with Crippen LogP contribution in [0.3, 0.4) is 0 Å². The molecule has 1 saturated heterocycles. The fourth-order valence-electron chi connectivity index (χ4n) is 3.47. The molecule has 25 heavy (non-hydrogen) atoms. The van der Waals surface area contributed by atoms with E-state index < -0.39 is 0 Å². The van der Waals surface area contributed by atoms with Crippen LogP contribution in [0.5, 0.6) is 0 Å². The van der Waals surface area contributed by atoms with Crippen molar-refractivity contribution in [2.24, 2.45) is 11.8 Å². The highest BCUT2D eigenvalue weighted by molar-refractivity contribution is 6.01. The van der Waals surface area contributed by atoms with Crippen LogP contribution in [0, 0.1) is 11.8 Å². The van der Waals surface area contributed by atoms with Crippen LogP contribution >= 0.6 is 0 Å². The molecule has 3 amide bonds. The van der Waals surface area contributed by atoms with Crippen molar-refractivity contribution in [3.05, 3.63) is 35.9 Å². The Bertz CT molecular complexity index is 647. The zero-order chi connectivity index (χ0) is 18.0. The highest BCUT2D eigenvalue weighted by atomic mass is 16.2. The molecule has 3 rings (SSSR count). The summed E-state index contributed by atoms with van der Waals surface area (Å²) in [5, 5.41) is 2.87. The molecule has 1 aliphatic carbocycles. The van der Waals surface area contributed by atoms with Crippen molar-refractivity contribution in [2.75, 3.05) is 13.1 Å². The number of carbonyl (C=O) groups excluding carboxylic acids is 3. The van der Waals surface area contributed by atoms with E-state index in [2.05, 4.69) is 19.2 Å². The summed E-state index contributed by atoms with van der Waals surface area (Å²) in [6, 6.07) is 9.96. The molecule has 1 aromatic carbocycles. The van der Waals surface area contributed by atoms with Gasteiger partial charge in [-0.05, 0) is 30.2 Å². The third-order valence-electron chi connectivity index (χ3n) is 5.35. The molecule has 0 radical (unpaired) electrons. The van der Waals surface area contributed by atoms with Crippen LogP contribution in [0.2, 0.25) is 0 Å². The number of likely N-dealkylation sites (tertiary alicyclic amines) is 1. The fourth-order valence-corrected chi connectivity index (χ4v) is 3.47. The number of imide groups is 1. The molecule has 2 fully saturated rings. The molecule has 5 heteroatoms. The third kappa shape index (κ3) is 4.27. The van der Waals surface area contributed by atoms with E-state index in [0.29, 0.717) is 25.3 Å². The van der Waals surface area contributed by atoms with E-state index in [4.69, 9.17) is 0 Å². The number of amides is 3. The summed E-state index contributed by atoms with van der Waals surface area (Å²) in [5.41, 5.74) is 0.914. The Kier molecular flexibility index (Phi) is 4.93. The van der Waals surface area contributed by atoms with Crippen LogP contribution in [0.1, 0.15) is 45.1 Å². The summed E-state index contributed by atoms with van der Waals surface area (Å²) in [7, 11) is 0. The number of rotatable bonds is 6. The molecular formula is C20H26N2O3. The second-order valence-electron chi connectivity index (χ2n) is 7.91. The van der Waals surface area contributed by atoms with E-state index in [1.807, 2.05) is 30.3 Å². The molecule has 1 heterocycles.